The predicted octanol–water partition coefficient (Wildman–Crippen LogP) is 4.20. The standard InChI is InChI=1S/C30H34N4O3/c1-36-25-12-8-11-24(19-25)27-20-28(26-13-6-7-14-29(26)37-2)34(31-27)30(35)22-33-17-15-32(16-18-33)21-23-9-4-3-5-10-23/h3-14,19,28H,15-18,20-22H2,1-2H3/t28-/m0/s1. The van der Waals surface area contributed by atoms with Crippen molar-refractivity contribution >= 4 is 11.6 Å². The van der Waals surface area contributed by atoms with Gasteiger partial charge in [0.15, 0.2) is 0 Å². The highest BCUT2D eigenvalue weighted by Gasteiger charge is 2.35. The molecule has 192 valence electrons. The minimum atomic E-state index is -0.218. The Bertz CT molecular complexity index is 1240. The molecule has 2 heterocycles. The molecule has 1 amide bonds. The smallest absolute Gasteiger partial charge is 0.257 e. The van der Waals surface area contributed by atoms with Gasteiger partial charge in [-0.05, 0) is 23.8 Å². The summed E-state index contributed by atoms with van der Waals surface area (Å²) in [4.78, 5) is 18.4. The summed E-state index contributed by atoms with van der Waals surface area (Å²) < 4.78 is 11.1. The molecule has 7 heteroatoms. The first-order chi connectivity index (χ1) is 18.1. The van der Waals surface area contributed by atoms with E-state index in [2.05, 4.69) is 34.1 Å². The molecule has 0 bridgehead atoms. The summed E-state index contributed by atoms with van der Waals surface area (Å²) >= 11 is 0. The number of hydrogen-bond acceptors (Lipinski definition) is 6. The molecule has 0 spiro atoms. The molecule has 3 aromatic carbocycles. The minimum absolute atomic E-state index is 0.00492. The molecule has 0 unspecified atom stereocenters. The van der Waals surface area contributed by atoms with Crippen molar-refractivity contribution in [3.63, 3.8) is 0 Å². The molecule has 0 N–H and O–H groups in total. The molecule has 2 aliphatic rings. The van der Waals surface area contributed by atoms with Gasteiger partial charge in [-0.2, -0.15) is 5.10 Å². The quantitative estimate of drug-likeness (QED) is 0.466. The Hall–Kier alpha value is -3.68. The second-order valence-electron chi connectivity index (χ2n) is 9.52. The number of rotatable bonds is 8. The van der Waals surface area contributed by atoms with E-state index in [-0.39, 0.29) is 11.9 Å². The Morgan fingerprint density at radius 3 is 2.35 bits per heavy atom. The Morgan fingerprint density at radius 1 is 0.865 bits per heavy atom. The van der Waals surface area contributed by atoms with Crippen molar-refractivity contribution in [3.8, 4) is 11.5 Å². The van der Waals surface area contributed by atoms with Gasteiger partial charge in [-0.25, -0.2) is 5.01 Å². The number of benzene rings is 3. The van der Waals surface area contributed by atoms with Gasteiger partial charge in [0.1, 0.15) is 11.5 Å². The third-order valence-corrected chi connectivity index (χ3v) is 7.14. The zero-order valence-corrected chi connectivity index (χ0v) is 21.5. The van der Waals surface area contributed by atoms with E-state index in [1.54, 1.807) is 19.2 Å². The molecular formula is C30H34N4O3. The third kappa shape index (κ3) is 5.84. The lowest BCUT2D eigenvalue weighted by Gasteiger charge is -2.35. The first-order valence-electron chi connectivity index (χ1n) is 12.8. The summed E-state index contributed by atoms with van der Waals surface area (Å²) in [6.07, 6.45) is 0.615. The van der Waals surface area contributed by atoms with Crippen molar-refractivity contribution < 1.29 is 14.3 Å². The van der Waals surface area contributed by atoms with E-state index in [9.17, 15) is 4.79 Å². The van der Waals surface area contributed by atoms with Gasteiger partial charge in [-0.15, -0.1) is 0 Å². The zero-order chi connectivity index (χ0) is 25.6. The molecule has 37 heavy (non-hydrogen) atoms. The third-order valence-electron chi connectivity index (χ3n) is 7.14. The molecular weight excluding hydrogens is 464 g/mol. The largest absolute Gasteiger partial charge is 0.497 e. The lowest BCUT2D eigenvalue weighted by molar-refractivity contribution is -0.134. The molecule has 1 fully saturated rings. The Labute approximate surface area is 218 Å². The van der Waals surface area contributed by atoms with Gasteiger partial charge in [-0.3, -0.25) is 14.6 Å². The van der Waals surface area contributed by atoms with Crippen molar-refractivity contribution in [1.82, 2.24) is 14.8 Å². The highest BCUT2D eigenvalue weighted by atomic mass is 16.5. The molecule has 1 atom stereocenters. The topological polar surface area (TPSA) is 57.6 Å². The molecule has 2 aliphatic heterocycles. The number of amides is 1. The summed E-state index contributed by atoms with van der Waals surface area (Å²) in [5, 5.41) is 6.53. The van der Waals surface area contributed by atoms with Crippen molar-refractivity contribution in [1.29, 1.82) is 0 Å². The van der Waals surface area contributed by atoms with Crippen molar-refractivity contribution in [2.24, 2.45) is 5.10 Å². The fraction of sp³-hybridized carbons (Fsp3) is 0.333. The van der Waals surface area contributed by atoms with E-state index >= 15 is 0 Å². The van der Waals surface area contributed by atoms with Crippen LogP contribution in [-0.2, 0) is 11.3 Å². The fourth-order valence-electron chi connectivity index (χ4n) is 5.11. The van der Waals surface area contributed by atoms with Gasteiger partial charge in [0, 0.05) is 50.3 Å². The maximum Gasteiger partial charge on any atom is 0.257 e. The number of hydrazone groups is 1. The van der Waals surface area contributed by atoms with Crippen molar-refractivity contribution in [2.45, 2.75) is 19.0 Å². The summed E-state index contributed by atoms with van der Waals surface area (Å²) in [5.74, 6) is 1.54. The van der Waals surface area contributed by atoms with Crippen molar-refractivity contribution in [3.05, 3.63) is 95.6 Å². The van der Waals surface area contributed by atoms with E-state index < -0.39 is 0 Å². The van der Waals surface area contributed by atoms with Gasteiger partial charge < -0.3 is 9.47 Å². The van der Waals surface area contributed by atoms with E-state index in [4.69, 9.17) is 14.6 Å². The van der Waals surface area contributed by atoms with Gasteiger partial charge in [0.05, 0.1) is 32.5 Å². The average Bonchev–Trinajstić information content (AvgIpc) is 3.40. The molecule has 0 aromatic heterocycles. The lowest BCUT2D eigenvalue weighted by Crippen LogP contribution is -2.49. The highest BCUT2D eigenvalue weighted by molar-refractivity contribution is 6.03. The molecule has 0 aliphatic carbocycles. The first kappa shape index (κ1) is 25.0. The number of hydrogen-bond donors (Lipinski definition) is 0. The van der Waals surface area contributed by atoms with Crippen LogP contribution in [0.25, 0.3) is 0 Å². The summed E-state index contributed by atoms with van der Waals surface area (Å²) in [7, 11) is 3.32. The number of para-hydroxylation sites is 1. The molecule has 0 saturated carbocycles. The second-order valence-corrected chi connectivity index (χ2v) is 9.52. The molecule has 1 saturated heterocycles. The normalized spacial score (nSPS) is 18.5. The summed E-state index contributed by atoms with van der Waals surface area (Å²) in [5.41, 5.74) is 4.12. The maximum absolute atomic E-state index is 13.7. The van der Waals surface area contributed by atoms with E-state index in [0.717, 1.165) is 61.1 Å². The molecule has 5 rings (SSSR count). The van der Waals surface area contributed by atoms with Crippen LogP contribution in [0, 0.1) is 0 Å². The number of carbonyl (C=O) groups is 1. The summed E-state index contributed by atoms with van der Waals surface area (Å²) in [6.45, 7) is 4.89. The van der Waals surface area contributed by atoms with Crippen LogP contribution in [0.3, 0.4) is 0 Å². The zero-order valence-electron chi connectivity index (χ0n) is 21.5. The van der Waals surface area contributed by atoms with Crippen LogP contribution in [0.4, 0.5) is 0 Å². The van der Waals surface area contributed by atoms with E-state index in [1.807, 2.05) is 54.6 Å². The van der Waals surface area contributed by atoms with Crippen LogP contribution in [-0.4, -0.2) is 73.4 Å². The number of nitrogens with zero attached hydrogens (tertiary/aromatic N) is 4. The van der Waals surface area contributed by atoms with Crippen LogP contribution < -0.4 is 9.47 Å². The average molecular weight is 499 g/mol. The fourth-order valence-corrected chi connectivity index (χ4v) is 5.11. The Kier molecular flexibility index (Phi) is 7.82. The second kappa shape index (κ2) is 11.6. The number of methoxy groups -OCH3 is 2. The first-order valence-corrected chi connectivity index (χ1v) is 12.8. The van der Waals surface area contributed by atoms with Gasteiger partial charge in [0.25, 0.3) is 5.91 Å². The number of carbonyl (C=O) groups excluding carboxylic acids is 1. The highest BCUT2D eigenvalue weighted by Crippen LogP contribution is 2.37. The molecule has 7 nitrogen and oxygen atoms in total. The van der Waals surface area contributed by atoms with E-state index in [0.29, 0.717) is 13.0 Å². The predicted molar refractivity (Wildman–Crippen MR) is 145 cm³/mol. The van der Waals surface area contributed by atoms with Gasteiger partial charge in [-0.1, -0.05) is 60.7 Å². The molecule has 3 aromatic rings. The Balaban J connectivity index is 1.30. The van der Waals surface area contributed by atoms with Crippen LogP contribution in [0.15, 0.2) is 84.0 Å². The minimum Gasteiger partial charge on any atom is -0.497 e. The number of ether oxygens (including phenoxy) is 2. The van der Waals surface area contributed by atoms with Crippen LogP contribution >= 0.6 is 0 Å². The van der Waals surface area contributed by atoms with Crippen LogP contribution in [0.2, 0.25) is 0 Å². The summed E-state index contributed by atoms with van der Waals surface area (Å²) in [6, 6.07) is 26.1. The van der Waals surface area contributed by atoms with Gasteiger partial charge >= 0.3 is 0 Å². The monoisotopic (exact) mass is 498 g/mol. The Morgan fingerprint density at radius 2 is 1.59 bits per heavy atom. The lowest BCUT2D eigenvalue weighted by atomic mass is 9.97. The van der Waals surface area contributed by atoms with Crippen LogP contribution in [0.5, 0.6) is 11.5 Å². The van der Waals surface area contributed by atoms with Crippen molar-refractivity contribution in [2.75, 3.05) is 46.9 Å². The van der Waals surface area contributed by atoms with E-state index in [1.165, 1.54) is 5.56 Å². The maximum atomic E-state index is 13.7. The SMILES string of the molecule is COc1cccc(C2=NN(C(=O)CN3CCN(Cc4ccccc4)CC3)[C@H](c3ccccc3OC)C2)c1. The number of piperazine rings is 1. The van der Waals surface area contributed by atoms with Crippen LogP contribution in [0.1, 0.15) is 29.2 Å². The molecule has 0 radical (unpaired) electrons. The van der Waals surface area contributed by atoms with Gasteiger partial charge in [0.2, 0.25) is 0 Å².